The van der Waals surface area contributed by atoms with Gasteiger partial charge < -0.3 is 9.47 Å². The minimum Gasteiger partial charge on any atom is -0.379 e. The molecule has 0 rings (SSSR count). The molecule has 0 aliphatic rings. The van der Waals surface area contributed by atoms with Crippen molar-refractivity contribution in [2.45, 2.75) is 129 Å². The molecule has 0 heterocycles. The van der Waals surface area contributed by atoms with E-state index in [4.69, 9.17) is 9.47 Å². The number of unbranched alkanes of at least 4 members (excludes halogenated alkanes) is 10. The van der Waals surface area contributed by atoms with Gasteiger partial charge in [-0.3, -0.25) is 0 Å². The van der Waals surface area contributed by atoms with E-state index < -0.39 is 8.07 Å². The van der Waals surface area contributed by atoms with Crippen molar-refractivity contribution in [3.8, 4) is 11.5 Å². The highest BCUT2D eigenvalue weighted by molar-refractivity contribution is 6.87. The molecule has 0 aliphatic heterocycles. The summed E-state index contributed by atoms with van der Waals surface area (Å²) >= 11 is 0. The first-order valence-corrected chi connectivity index (χ1v) is 14.9. The molecule has 3 heteroatoms. The van der Waals surface area contributed by atoms with Crippen molar-refractivity contribution in [1.29, 1.82) is 0 Å². The highest BCUT2D eigenvalue weighted by Gasteiger charge is 2.23. The van der Waals surface area contributed by atoms with Crippen LogP contribution in [0.25, 0.3) is 0 Å². The zero-order valence-electron chi connectivity index (χ0n) is 19.9. The molecule has 0 saturated heterocycles. The fraction of sp³-hybridized carbons (Fsp3) is 0.920. The molecule has 0 aromatic carbocycles. The van der Waals surface area contributed by atoms with Crippen LogP contribution in [-0.4, -0.2) is 34.0 Å². The summed E-state index contributed by atoms with van der Waals surface area (Å²) in [4.78, 5) is 0. The lowest BCUT2D eigenvalue weighted by Crippen LogP contribution is -2.29. The van der Waals surface area contributed by atoms with Crippen LogP contribution in [0, 0.1) is 11.5 Å². The Balaban J connectivity index is 3.31. The van der Waals surface area contributed by atoms with Gasteiger partial charge in [0.15, 0.2) is 0 Å². The maximum absolute atomic E-state index is 5.59. The van der Waals surface area contributed by atoms with Gasteiger partial charge in [0, 0.05) is 13.0 Å². The van der Waals surface area contributed by atoms with Gasteiger partial charge in [-0.1, -0.05) is 72.1 Å². The molecule has 0 aromatic rings. The van der Waals surface area contributed by atoms with Crippen molar-refractivity contribution in [1.82, 2.24) is 0 Å². The van der Waals surface area contributed by atoms with E-state index in [1.807, 2.05) is 0 Å². The van der Waals surface area contributed by atoms with Gasteiger partial charge in [0.1, 0.15) is 8.07 Å². The predicted octanol–water partition coefficient (Wildman–Crippen LogP) is 7.77. The summed E-state index contributed by atoms with van der Waals surface area (Å²) in [6.45, 7) is 13.5. The second kappa shape index (κ2) is 20.0. The van der Waals surface area contributed by atoms with Gasteiger partial charge in [0.05, 0.1) is 19.3 Å². The quantitative estimate of drug-likeness (QED) is 0.123. The maximum Gasteiger partial charge on any atom is 0.137 e. The molecule has 0 saturated carbocycles. The van der Waals surface area contributed by atoms with Crippen LogP contribution in [0.15, 0.2) is 0 Å². The van der Waals surface area contributed by atoms with Crippen LogP contribution in [0.5, 0.6) is 0 Å². The first-order chi connectivity index (χ1) is 13.6. The van der Waals surface area contributed by atoms with Gasteiger partial charge in [0.2, 0.25) is 0 Å². The molecule has 28 heavy (non-hydrogen) atoms. The summed E-state index contributed by atoms with van der Waals surface area (Å²) in [7, 11) is -1.21. The molecule has 0 unspecified atom stereocenters. The molecular weight excluding hydrogens is 360 g/mol. The molecule has 0 bridgehead atoms. The van der Waals surface area contributed by atoms with Gasteiger partial charge in [0.25, 0.3) is 0 Å². The largest absolute Gasteiger partial charge is 0.379 e. The summed E-state index contributed by atoms with van der Waals surface area (Å²) in [5, 5.41) is 0. The van der Waals surface area contributed by atoms with Crippen molar-refractivity contribution >= 4 is 8.07 Å². The summed E-state index contributed by atoms with van der Waals surface area (Å²) in [6.07, 6.45) is 15.0. The number of rotatable bonds is 19. The minimum absolute atomic E-state index is 0.312. The van der Waals surface area contributed by atoms with Gasteiger partial charge >= 0.3 is 0 Å². The van der Waals surface area contributed by atoms with E-state index in [2.05, 4.69) is 46.1 Å². The maximum atomic E-state index is 5.59. The highest BCUT2D eigenvalue weighted by atomic mass is 28.3. The fourth-order valence-electron chi connectivity index (χ4n) is 3.54. The predicted molar refractivity (Wildman–Crippen MR) is 128 cm³/mol. The average Bonchev–Trinajstić information content (AvgIpc) is 2.70. The highest BCUT2D eigenvalue weighted by Crippen LogP contribution is 2.19. The van der Waals surface area contributed by atoms with E-state index in [9.17, 15) is 0 Å². The van der Waals surface area contributed by atoms with E-state index in [0.717, 1.165) is 26.2 Å². The fourth-order valence-corrected chi connectivity index (χ4v) is 6.07. The van der Waals surface area contributed by atoms with Crippen molar-refractivity contribution in [3.05, 3.63) is 0 Å². The van der Waals surface area contributed by atoms with E-state index in [-0.39, 0.29) is 0 Å². The molecule has 0 aliphatic carbocycles. The first-order valence-electron chi connectivity index (χ1n) is 12.3. The molecule has 0 aromatic heterocycles. The molecule has 0 fully saturated rings. The second-order valence-corrected chi connectivity index (χ2v) is 13.4. The Morgan fingerprint density at radius 3 is 1.64 bits per heavy atom. The van der Waals surface area contributed by atoms with Gasteiger partial charge in [-0.05, 0) is 44.8 Å². The lowest BCUT2D eigenvalue weighted by molar-refractivity contribution is 0.0186. The van der Waals surface area contributed by atoms with E-state index in [1.165, 1.54) is 82.3 Å². The molecule has 0 radical (unpaired) electrons. The number of hydrogen-bond donors (Lipinski definition) is 0. The zero-order valence-corrected chi connectivity index (χ0v) is 20.9. The Bertz CT molecular complexity index is 371. The van der Waals surface area contributed by atoms with E-state index in [0.29, 0.717) is 6.10 Å². The average molecular weight is 411 g/mol. The van der Waals surface area contributed by atoms with Gasteiger partial charge in [-0.15, -0.1) is 11.5 Å². The minimum atomic E-state index is -1.21. The van der Waals surface area contributed by atoms with Crippen LogP contribution in [0.3, 0.4) is 0 Å². The Hall–Kier alpha value is -0.303. The third-order valence-electron chi connectivity index (χ3n) is 5.90. The Morgan fingerprint density at radius 2 is 1.14 bits per heavy atom. The van der Waals surface area contributed by atoms with Crippen LogP contribution < -0.4 is 0 Å². The standard InChI is InChI=1S/C25H50O2Si/c1-6-28(7-2,8-3)24-20-18-16-14-12-10-9-11-13-15-17-19-21-26-22-23-27-25(4)5/h25H,6-19,21-23H2,1-5H3. The lowest BCUT2D eigenvalue weighted by Gasteiger charge is -2.20. The first kappa shape index (κ1) is 27.7. The number of ether oxygens (including phenoxy) is 2. The van der Waals surface area contributed by atoms with Crippen LogP contribution in [0.4, 0.5) is 0 Å². The third kappa shape index (κ3) is 16.6. The Morgan fingerprint density at radius 1 is 0.643 bits per heavy atom. The molecule has 0 atom stereocenters. The van der Waals surface area contributed by atoms with Crippen molar-refractivity contribution < 1.29 is 9.47 Å². The Kier molecular flexibility index (Phi) is 19.8. The summed E-state index contributed by atoms with van der Waals surface area (Å²) in [5.74, 6) is 3.53. The summed E-state index contributed by atoms with van der Waals surface area (Å²) in [5.41, 5.74) is 3.71. The normalized spacial score (nSPS) is 11.6. The Labute approximate surface area is 178 Å². The smallest absolute Gasteiger partial charge is 0.137 e. The molecule has 0 N–H and O–H groups in total. The zero-order chi connectivity index (χ0) is 20.9. The van der Waals surface area contributed by atoms with Crippen LogP contribution >= 0.6 is 0 Å². The monoisotopic (exact) mass is 410 g/mol. The van der Waals surface area contributed by atoms with E-state index in [1.54, 1.807) is 0 Å². The number of hydrogen-bond acceptors (Lipinski definition) is 2. The second-order valence-electron chi connectivity index (χ2n) is 8.46. The molecule has 166 valence electrons. The SMILES string of the molecule is CC[Si](C#CCCCCCCCCCCCCOCCOC(C)C)(CC)CC. The molecule has 0 amide bonds. The summed E-state index contributed by atoms with van der Waals surface area (Å²) in [6, 6.07) is 3.98. The topological polar surface area (TPSA) is 18.5 Å². The lowest BCUT2D eigenvalue weighted by atomic mass is 10.1. The molecule has 2 nitrogen and oxygen atoms in total. The summed E-state index contributed by atoms with van der Waals surface area (Å²) < 4.78 is 11.0. The van der Waals surface area contributed by atoms with Crippen molar-refractivity contribution in [2.24, 2.45) is 0 Å². The van der Waals surface area contributed by atoms with Crippen molar-refractivity contribution in [3.63, 3.8) is 0 Å². The van der Waals surface area contributed by atoms with Crippen LogP contribution in [0.1, 0.15) is 105 Å². The van der Waals surface area contributed by atoms with Crippen molar-refractivity contribution in [2.75, 3.05) is 19.8 Å². The van der Waals surface area contributed by atoms with Gasteiger partial charge in [-0.2, -0.15) is 0 Å². The van der Waals surface area contributed by atoms with Crippen LogP contribution in [-0.2, 0) is 9.47 Å². The molecule has 0 spiro atoms. The van der Waals surface area contributed by atoms with E-state index >= 15 is 0 Å². The van der Waals surface area contributed by atoms with Crippen LogP contribution in [0.2, 0.25) is 18.1 Å². The van der Waals surface area contributed by atoms with Gasteiger partial charge in [-0.25, -0.2) is 0 Å². The third-order valence-corrected chi connectivity index (χ3v) is 10.7. The molecular formula is C25H50O2Si.